The molecule has 0 spiro atoms. The predicted octanol–water partition coefficient (Wildman–Crippen LogP) is 3.76. The third-order valence-corrected chi connectivity index (χ3v) is 2.79. The number of hydrogen-bond donors (Lipinski definition) is 0. The molecule has 2 heteroatoms. The summed E-state index contributed by atoms with van der Waals surface area (Å²) >= 11 is 0. The van der Waals surface area contributed by atoms with Gasteiger partial charge < -0.3 is 4.90 Å². The van der Waals surface area contributed by atoms with E-state index in [0.717, 1.165) is 12.1 Å². The molecule has 17 heavy (non-hydrogen) atoms. The van der Waals surface area contributed by atoms with Crippen LogP contribution in [0.4, 0.5) is 5.69 Å². The molecule has 0 N–H and O–H groups in total. The van der Waals surface area contributed by atoms with E-state index < -0.39 is 0 Å². The molecule has 0 atom stereocenters. The predicted molar refractivity (Wildman–Crippen MR) is 73.8 cm³/mol. The fourth-order valence-corrected chi connectivity index (χ4v) is 1.90. The van der Waals surface area contributed by atoms with Gasteiger partial charge in [0.15, 0.2) is 5.78 Å². The van der Waals surface area contributed by atoms with Gasteiger partial charge >= 0.3 is 0 Å². The van der Waals surface area contributed by atoms with Crippen molar-refractivity contribution in [2.45, 2.75) is 40.7 Å². The van der Waals surface area contributed by atoms with Crippen LogP contribution in [0.15, 0.2) is 24.3 Å². The van der Waals surface area contributed by atoms with Gasteiger partial charge in [-0.25, -0.2) is 0 Å². The zero-order valence-corrected chi connectivity index (χ0v) is 11.5. The molecule has 1 aromatic carbocycles. The van der Waals surface area contributed by atoms with Crippen LogP contribution >= 0.6 is 0 Å². The van der Waals surface area contributed by atoms with Crippen molar-refractivity contribution in [3.63, 3.8) is 0 Å². The Morgan fingerprint density at radius 1 is 1.12 bits per heavy atom. The first-order valence-corrected chi connectivity index (χ1v) is 6.29. The Morgan fingerprint density at radius 3 is 2.00 bits per heavy atom. The summed E-state index contributed by atoms with van der Waals surface area (Å²) in [6, 6.07) is 8.37. The Morgan fingerprint density at radius 2 is 1.65 bits per heavy atom. The molecule has 0 radical (unpaired) electrons. The van der Waals surface area contributed by atoms with Gasteiger partial charge in [-0.15, -0.1) is 0 Å². The number of carbonyl (C=O) groups excluding carboxylic acids is 1. The van der Waals surface area contributed by atoms with Gasteiger partial charge in [0.05, 0.1) is 0 Å². The van der Waals surface area contributed by atoms with Gasteiger partial charge in [-0.05, 0) is 51.0 Å². The van der Waals surface area contributed by atoms with E-state index in [2.05, 4.69) is 32.6 Å². The molecule has 1 aromatic rings. The first-order valence-electron chi connectivity index (χ1n) is 6.29. The average Bonchev–Trinajstić information content (AvgIpc) is 2.25. The second-order valence-corrected chi connectivity index (χ2v) is 5.24. The summed E-state index contributed by atoms with van der Waals surface area (Å²) in [6.45, 7) is 11.5. The number of nitrogens with zero attached hydrogens (tertiary/aromatic N) is 1. The number of rotatable bonds is 5. The van der Waals surface area contributed by atoms with E-state index in [9.17, 15) is 4.79 Å². The normalized spacial score (nSPS) is 11.0. The fraction of sp³-hybridized carbons (Fsp3) is 0.533. The highest BCUT2D eigenvalue weighted by Gasteiger charge is 2.12. The molecule has 0 saturated carbocycles. The standard InChI is InChI=1S/C15H23NO/c1-11(2)10-16(12(3)4)15-8-6-14(7-9-15)13(5)17/h6-9,11-12H,10H2,1-5H3. The lowest BCUT2D eigenvalue weighted by atomic mass is 10.1. The van der Waals surface area contributed by atoms with Crippen molar-refractivity contribution in [1.82, 2.24) is 0 Å². The minimum absolute atomic E-state index is 0.122. The number of carbonyl (C=O) groups is 1. The number of Topliss-reactive ketones (excluding diaryl/α,β-unsaturated/α-hetero) is 1. The van der Waals surface area contributed by atoms with E-state index in [1.165, 1.54) is 5.69 Å². The number of hydrogen-bond acceptors (Lipinski definition) is 2. The minimum atomic E-state index is 0.122. The molecule has 0 fully saturated rings. The smallest absolute Gasteiger partial charge is 0.159 e. The summed E-state index contributed by atoms with van der Waals surface area (Å²) in [7, 11) is 0. The lowest BCUT2D eigenvalue weighted by Gasteiger charge is -2.30. The van der Waals surface area contributed by atoms with Gasteiger partial charge in [-0.1, -0.05) is 13.8 Å². The Hall–Kier alpha value is -1.31. The van der Waals surface area contributed by atoms with Crippen LogP contribution in [0.1, 0.15) is 45.0 Å². The Kier molecular flexibility index (Phi) is 4.73. The van der Waals surface area contributed by atoms with Crippen molar-refractivity contribution < 1.29 is 4.79 Å². The van der Waals surface area contributed by atoms with Crippen LogP contribution in [0, 0.1) is 5.92 Å². The zero-order chi connectivity index (χ0) is 13.0. The Balaban J connectivity index is 2.91. The van der Waals surface area contributed by atoms with Gasteiger partial charge in [0.25, 0.3) is 0 Å². The van der Waals surface area contributed by atoms with Crippen LogP contribution in [0.3, 0.4) is 0 Å². The van der Waals surface area contributed by atoms with E-state index in [0.29, 0.717) is 12.0 Å². The van der Waals surface area contributed by atoms with Crippen molar-refractivity contribution in [3.05, 3.63) is 29.8 Å². The second-order valence-electron chi connectivity index (χ2n) is 5.24. The van der Waals surface area contributed by atoms with Gasteiger partial charge in [0, 0.05) is 23.8 Å². The van der Waals surface area contributed by atoms with Crippen LogP contribution < -0.4 is 4.90 Å². The molecule has 1 rings (SSSR count). The van der Waals surface area contributed by atoms with Crippen molar-refractivity contribution in [3.8, 4) is 0 Å². The monoisotopic (exact) mass is 233 g/mol. The summed E-state index contributed by atoms with van der Waals surface area (Å²) in [5, 5.41) is 0. The first-order chi connectivity index (χ1) is 7.91. The molecule has 0 aliphatic heterocycles. The topological polar surface area (TPSA) is 20.3 Å². The van der Waals surface area contributed by atoms with Crippen molar-refractivity contribution in [2.24, 2.45) is 5.92 Å². The molecule has 94 valence electrons. The molecular weight excluding hydrogens is 210 g/mol. The molecule has 0 aromatic heterocycles. The van der Waals surface area contributed by atoms with Crippen LogP contribution in [0.2, 0.25) is 0 Å². The summed E-state index contributed by atoms with van der Waals surface area (Å²) in [6.07, 6.45) is 0. The van der Waals surface area contributed by atoms with Gasteiger partial charge in [0.1, 0.15) is 0 Å². The maximum atomic E-state index is 11.2. The van der Waals surface area contributed by atoms with Gasteiger partial charge in [-0.2, -0.15) is 0 Å². The van der Waals surface area contributed by atoms with E-state index in [4.69, 9.17) is 0 Å². The van der Waals surface area contributed by atoms with Crippen LogP contribution in [-0.2, 0) is 0 Å². The molecule has 2 nitrogen and oxygen atoms in total. The lowest BCUT2D eigenvalue weighted by Crippen LogP contribution is -2.34. The first kappa shape index (κ1) is 13.8. The van der Waals surface area contributed by atoms with E-state index in [1.807, 2.05) is 24.3 Å². The number of ketones is 1. The third kappa shape index (κ3) is 3.88. The Labute approximate surface area is 105 Å². The average molecular weight is 233 g/mol. The van der Waals surface area contributed by atoms with E-state index in [-0.39, 0.29) is 5.78 Å². The van der Waals surface area contributed by atoms with Crippen molar-refractivity contribution >= 4 is 11.5 Å². The molecule has 0 bridgehead atoms. The third-order valence-electron chi connectivity index (χ3n) is 2.79. The minimum Gasteiger partial charge on any atom is -0.369 e. The second kappa shape index (κ2) is 5.85. The highest BCUT2D eigenvalue weighted by molar-refractivity contribution is 5.94. The fourth-order valence-electron chi connectivity index (χ4n) is 1.90. The highest BCUT2D eigenvalue weighted by atomic mass is 16.1. The van der Waals surface area contributed by atoms with Crippen molar-refractivity contribution in [1.29, 1.82) is 0 Å². The van der Waals surface area contributed by atoms with Crippen molar-refractivity contribution in [2.75, 3.05) is 11.4 Å². The summed E-state index contributed by atoms with van der Waals surface area (Å²) in [4.78, 5) is 13.6. The molecular formula is C15H23NO. The number of anilines is 1. The zero-order valence-electron chi connectivity index (χ0n) is 11.5. The van der Waals surface area contributed by atoms with Gasteiger partial charge in [0.2, 0.25) is 0 Å². The van der Waals surface area contributed by atoms with E-state index in [1.54, 1.807) is 6.92 Å². The molecule has 0 aliphatic rings. The highest BCUT2D eigenvalue weighted by Crippen LogP contribution is 2.19. The Bertz CT molecular complexity index is 365. The summed E-state index contributed by atoms with van der Waals surface area (Å²) < 4.78 is 0. The van der Waals surface area contributed by atoms with Crippen LogP contribution in [0.25, 0.3) is 0 Å². The largest absolute Gasteiger partial charge is 0.369 e. The molecule has 0 aliphatic carbocycles. The molecule has 0 amide bonds. The van der Waals surface area contributed by atoms with Crippen LogP contribution in [0.5, 0.6) is 0 Å². The van der Waals surface area contributed by atoms with Crippen LogP contribution in [-0.4, -0.2) is 18.4 Å². The quantitative estimate of drug-likeness (QED) is 0.722. The number of benzene rings is 1. The molecule has 0 unspecified atom stereocenters. The van der Waals surface area contributed by atoms with Gasteiger partial charge in [-0.3, -0.25) is 4.79 Å². The summed E-state index contributed by atoms with van der Waals surface area (Å²) in [5.74, 6) is 0.751. The molecule has 0 heterocycles. The molecule has 0 saturated heterocycles. The lowest BCUT2D eigenvalue weighted by molar-refractivity contribution is 0.101. The van der Waals surface area contributed by atoms with E-state index >= 15 is 0 Å². The maximum absolute atomic E-state index is 11.2. The summed E-state index contributed by atoms with van der Waals surface area (Å²) in [5.41, 5.74) is 1.97. The maximum Gasteiger partial charge on any atom is 0.159 e. The SMILES string of the molecule is CC(=O)c1ccc(N(CC(C)C)C(C)C)cc1.